The van der Waals surface area contributed by atoms with E-state index in [9.17, 15) is 4.79 Å². The van der Waals surface area contributed by atoms with Crippen molar-refractivity contribution in [1.82, 2.24) is 15.3 Å². The molecular weight excluding hydrogens is 328 g/mol. The van der Waals surface area contributed by atoms with Gasteiger partial charge in [-0.15, -0.1) is 0 Å². The monoisotopic (exact) mass is 351 g/mol. The molecule has 0 radical (unpaired) electrons. The summed E-state index contributed by atoms with van der Waals surface area (Å²) < 4.78 is 7.78. The van der Waals surface area contributed by atoms with Crippen molar-refractivity contribution in [2.24, 2.45) is 0 Å². The Bertz CT molecular complexity index is 914. The third-order valence-electron chi connectivity index (χ3n) is 4.92. The second kappa shape index (κ2) is 6.88. The molecule has 0 bridgehead atoms. The summed E-state index contributed by atoms with van der Waals surface area (Å²) in [6, 6.07) is 9.80. The van der Waals surface area contributed by atoms with Crippen molar-refractivity contribution in [3.05, 3.63) is 66.0 Å². The molecule has 3 aromatic heterocycles. The molecule has 1 atom stereocenters. The van der Waals surface area contributed by atoms with Crippen LogP contribution in [0.5, 0.6) is 0 Å². The number of rotatable bonds is 5. The summed E-state index contributed by atoms with van der Waals surface area (Å²) in [7, 11) is 0. The molecule has 3 aromatic rings. The molecule has 0 aliphatic carbocycles. The number of H-pyrrole nitrogens is 1. The van der Waals surface area contributed by atoms with Gasteiger partial charge >= 0.3 is 0 Å². The predicted molar refractivity (Wildman–Crippen MR) is 96.9 cm³/mol. The van der Waals surface area contributed by atoms with Crippen molar-refractivity contribution in [1.29, 1.82) is 0 Å². The van der Waals surface area contributed by atoms with Crippen molar-refractivity contribution in [2.45, 2.75) is 31.8 Å². The molecule has 1 aliphatic heterocycles. The zero-order valence-corrected chi connectivity index (χ0v) is 14.9. The molecule has 4 rings (SSSR count). The highest BCUT2D eigenvalue weighted by Gasteiger charge is 2.31. The number of aromatic nitrogens is 3. The van der Waals surface area contributed by atoms with Crippen LogP contribution in [0.4, 0.5) is 0 Å². The van der Waals surface area contributed by atoms with E-state index < -0.39 is 0 Å². The van der Waals surface area contributed by atoms with Gasteiger partial charge in [-0.05, 0) is 43.5 Å². The molecule has 0 aromatic carbocycles. The molecule has 1 saturated heterocycles. The number of imidazole rings is 1. The van der Waals surface area contributed by atoms with Crippen LogP contribution >= 0.6 is 0 Å². The quantitative estimate of drug-likeness (QED) is 0.691. The maximum Gasteiger partial charge on any atom is 0.295 e. The first-order valence-electron chi connectivity index (χ1n) is 8.97. The van der Waals surface area contributed by atoms with Gasteiger partial charge in [-0.2, -0.15) is 4.40 Å². The lowest BCUT2D eigenvalue weighted by atomic mass is 10.0. The third kappa shape index (κ3) is 3.32. The number of fused-ring (bicyclic) bond motifs is 1. The van der Waals surface area contributed by atoms with Gasteiger partial charge < -0.3 is 10.1 Å². The number of ether oxygens (including phenoxy) is 1. The van der Waals surface area contributed by atoms with Crippen LogP contribution in [0.2, 0.25) is 0 Å². The minimum absolute atomic E-state index is 0.108. The number of hydrogen-bond acceptors (Lipinski definition) is 3. The topological polar surface area (TPSA) is 71.1 Å². The summed E-state index contributed by atoms with van der Waals surface area (Å²) in [6.45, 7) is 3.33. The molecule has 0 spiro atoms. The van der Waals surface area contributed by atoms with Crippen molar-refractivity contribution in [3.63, 3.8) is 0 Å². The third-order valence-corrected chi connectivity index (χ3v) is 4.92. The van der Waals surface area contributed by atoms with Crippen molar-refractivity contribution in [3.8, 4) is 0 Å². The van der Waals surface area contributed by atoms with Gasteiger partial charge in [0.25, 0.3) is 11.7 Å². The van der Waals surface area contributed by atoms with Crippen molar-refractivity contribution >= 4 is 11.4 Å². The molecule has 1 fully saturated rings. The van der Waals surface area contributed by atoms with Gasteiger partial charge in [-0.1, -0.05) is 12.1 Å². The average molecular weight is 351 g/mol. The summed E-state index contributed by atoms with van der Waals surface area (Å²) in [6.07, 6.45) is 8.26. The predicted octanol–water partition coefficient (Wildman–Crippen LogP) is 2.04. The Kier molecular flexibility index (Phi) is 4.42. The van der Waals surface area contributed by atoms with E-state index in [4.69, 9.17) is 4.74 Å². The number of carbonyl (C=O) groups is 1. The Hall–Kier alpha value is -2.73. The van der Waals surface area contributed by atoms with E-state index in [-0.39, 0.29) is 11.5 Å². The Morgan fingerprint density at radius 3 is 3.08 bits per heavy atom. The molecule has 26 heavy (non-hydrogen) atoms. The van der Waals surface area contributed by atoms with E-state index in [2.05, 4.69) is 22.2 Å². The van der Waals surface area contributed by atoms with Gasteiger partial charge in [0.05, 0.1) is 18.2 Å². The fourth-order valence-corrected chi connectivity index (χ4v) is 3.48. The first-order chi connectivity index (χ1) is 12.6. The van der Waals surface area contributed by atoms with E-state index in [0.29, 0.717) is 18.7 Å². The number of carbonyl (C=O) groups excluding carboxylic acids is 1. The second-order valence-electron chi connectivity index (χ2n) is 7.03. The fourth-order valence-electron chi connectivity index (χ4n) is 3.48. The largest absolute Gasteiger partial charge is 0.373 e. The van der Waals surface area contributed by atoms with Gasteiger partial charge in [0.15, 0.2) is 5.52 Å². The van der Waals surface area contributed by atoms with E-state index in [1.807, 2.05) is 47.1 Å². The lowest BCUT2D eigenvalue weighted by molar-refractivity contribution is -0.520. The molecule has 6 heteroatoms. The highest BCUT2D eigenvalue weighted by atomic mass is 16.5. The Morgan fingerprint density at radius 1 is 1.38 bits per heavy atom. The first kappa shape index (κ1) is 16.7. The van der Waals surface area contributed by atoms with Crippen molar-refractivity contribution in [2.75, 3.05) is 13.2 Å². The number of nitrogens with one attached hydrogen (secondary N) is 2. The summed E-state index contributed by atoms with van der Waals surface area (Å²) in [5, 5.41) is 3.03. The molecular formula is C20H23N4O2+. The lowest BCUT2D eigenvalue weighted by Gasteiger charge is -2.22. The number of nitrogens with zero attached hydrogens (tertiary/aromatic N) is 2. The van der Waals surface area contributed by atoms with E-state index >= 15 is 0 Å². The van der Waals surface area contributed by atoms with E-state index in [1.165, 1.54) is 0 Å². The fraction of sp³-hybridized carbons (Fsp3) is 0.350. The normalized spacial score (nSPS) is 19.7. The number of aromatic amines is 1. The number of hydrogen-bond donors (Lipinski definition) is 2. The van der Waals surface area contributed by atoms with Crippen LogP contribution in [-0.4, -0.2) is 34.6 Å². The molecule has 1 amide bonds. The lowest BCUT2D eigenvalue weighted by Crippen LogP contribution is -2.40. The van der Waals surface area contributed by atoms with Crippen LogP contribution in [-0.2, 0) is 11.2 Å². The van der Waals surface area contributed by atoms with Gasteiger partial charge in [0.1, 0.15) is 0 Å². The maximum atomic E-state index is 12.8. The van der Waals surface area contributed by atoms with E-state index in [1.54, 1.807) is 6.20 Å². The van der Waals surface area contributed by atoms with Crippen LogP contribution in [0.15, 0.2) is 48.9 Å². The molecule has 6 nitrogen and oxygen atoms in total. The van der Waals surface area contributed by atoms with E-state index in [0.717, 1.165) is 36.4 Å². The maximum absolute atomic E-state index is 12.8. The first-order valence-corrected chi connectivity index (χ1v) is 8.97. The summed E-state index contributed by atoms with van der Waals surface area (Å²) in [5.74, 6) is 0.838. The molecule has 2 N–H and O–H groups in total. The Morgan fingerprint density at radius 2 is 2.31 bits per heavy atom. The zero-order chi connectivity index (χ0) is 18.0. The average Bonchev–Trinajstić information content (AvgIpc) is 3.26. The van der Waals surface area contributed by atoms with Crippen LogP contribution < -0.4 is 9.72 Å². The van der Waals surface area contributed by atoms with Gasteiger partial charge in [0.2, 0.25) is 5.69 Å². The Labute approximate surface area is 152 Å². The minimum Gasteiger partial charge on any atom is -0.373 e. The summed E-state index contributed by atoms with van der Waals surface area (Å²) in [5.41, 5.74) is 2.27. The van der Waals surface area contributed by atoms with Crippen LogP contribution in [0.25, 0.3) is 5.52 Å². The number of amides is 1. The highest BCUT2D eigenvalue weighted by Crippen LogP contribution is 2.24. The zero-order valence-electron chi connectivity index (χ0n) is 14.9. The van der Waals surface area contributed by atoms with Crippen LogP contribution in [0, 0.1) is 0 Å². The smallest absolute Gasteiger partial charge is 0.295 e. The summed E-state index contributed by atoms with van der Waals surface area (Å²) in [4.78, 5) is 20.3. The molecule has 0 saturated carbocycles. The molecule has 4 heterocycles. The highest BCUT2D eigenvalue weighted by molar-refractivity contribution is 5.98. The van der Waals surface area contributed by atoms with Gasteiger partial charge in [-0.25, -0.2) is 4.98 Å². The minimum atomic E-state index is -0.260. The van der Waals surface area contributed by atoms with Gasteiger partial charge in [0, 0.05) is 25.5 Å². The standard InChI is InChI=1S/C20H22N4O2/c1-20(8-5-11-26-20)14-22-19(25)18-16-7-2-3-10-24(16)17(23-18)12-15-6-4-9-21-13-15/h2-4,6-7,9-10,13H,5,8,11-12,14H2,1H3,(H,22,25)/p+1. The van der Waals surface area contributed by atoms with Crippen LogP contribution in [0.3, 0.4) is 0 Å². The molecule has 1 unspecified atom stereocenters. The van der Waals surface area contributed by atoms with Gasteiger partial charge in [-0.3, -0.25) is 9.78 Å². The molecule has 134 valence electrons. The molecule has 1 aliphatic rings. The summed E-state index contributed by atoms with van der Waals surface area (Å²) >= 11 is 0. The second-order valence-corrected chi connectivity index (χ2v) is 7.03. The van der Waals surface area contributed by atoms with Crippen LogP contribution in [0.1, 0.15) is 41.6 Å². The Balaban J connectivity index is 1.59. The van der Waals surface area contributed by atoms with Crippen molar-refractivity contribution < 1.29 is 13.9 Å². The SMILES string of the molecule is CC1(CNC(=O)c2[nH]c(Cc3cccnc3)[n+]3ccccc23)CCCO1. The number of pyridine rings is 2.